The van der Waals surface area contributed by atoms with Crippen LogP contribution < -0.4 is 5.32 Å². The summed E-state index contributed by atoms with van der Waals surface area (Å²) in [5, 5.41) is 11.2. The molecule has 30 heavy (non-hydrogen) atoms. The molecule has 4 aromatic rings. The van der Waals surface area contributed by atoms with Gasteiger partial charge in [0.1, 0.15) is 0 Å². The fourth-order valence-corrected chi connectivity index (χ4v) is 4.62. The topological polar surface area (TPSA) is 68.0 Å². The number of carbonyl (C=O) groups excluding carboxylic acids is 1. The van der Waals surface area contributed by atoms with Crippen molar-refractivity contribution in [3.63, 3.8) is 0 Å². The van der Waals surface area contributed by atoms with E-state index in [2.05, 4.69) is 59.6 Å². The molecule has 0 aliphatic carbocycles. The molecule has 1 amide bonds. The van der Waals surface area contributed by atoms with Crippen molar-refractivity contribution in [3.8, 4) is 10.7 Å². The fraction of sp³-hybridized carbons (Fsp3) is 0.261. The third-order valence-electron chi connectivity index (χ3n) is 4.85. The van der Waals surface area contributed by atoms with Gasteiger partial charge in [0.25, 0.3) is 0 Å². The second-order valence-electron chi connectivity index (χ2n) is 7.33. The van der Waals surface area contributed by atoms with Crippen LogP contribution in [-0.4, -0.2) is 16.0 Å². The van der Waals surface area contributed by atoms with Crippen molar-refractivity contribution in [2.45, 2.75) is 38.6 Å². The number of rotatable bonds is 8. The fourth-order valence-electron chi connectivity index (χ4n) is 3.16. The summed E-state index contributed by atoms with van der Waals surface area (Å²) in [6.07, 6.45) is 0.700. The number of aryl methyl sites for hydroxylation is 1. The van der Waals surface area contributed by atoms with E-state index in [9.17, 15) is 4.79 Å². The van der Waals surface area contributed by atoms with E-state index in [-0.39, 0.29) is 18.4 Å². The summed E-state index contributed by atoms with van der Waals surface area (Å²) in [6.45, 7) is 4.35. The standard InChI is InChI=1S/C23H23N3O2S2/c1-15(2)16-7-9-17(10-8-16)22(18-5-3-13-29-18)24-20(27)11-12-21-25-23(26-28-21)19-6-4-14-30-19/h3-10,13-15,22H,11-12H2,1-2H3,(H,24,27). The van der Waals surface area contributed by atoms with Gasteiger partial charge in [-0.3, -0.25) is 4.79 Å². The van der Waals surface area contributed by atoms with Gasteiger partial charge in [0, 0.05) is 17.7 Å². The number of amides is 1. The zero-order valence-corrected chi connectivity index (χ0v) is 18.5. The molecule has 3 aromatic heterocycles. The Labute approximate surface area is 183 Å². The highest BCUT2D eigenvalue weighted by molar-refractivity contribution is 7.13. The van der Waals surface area contributed by atoms with Crippen LogP contribution in [0.15, 0.2) is 63.8 Å². The first-order valence-corrected chi connectivity index (χ1v) is 11.6. The zero-order valence-electron chi connectivity index (χ0n) is 16.9. The second kappa shape index (κ2) is 9.36. The largest absolute Gasteiger partial charge is 0.344 e. The number of carbonyl (C=O) groups is 1. The van der Waals surface area contributed by atoms with Gasteiger partial charge in [0.15, 0.2) is 0 Å². The third kappa shape index (κ3) is 4.86. The molecule has 1 N–H and O–H groups in total. The van der Waals surface area contributed by atoms with Crippen molar-refractivity contribution >= 4 is 28.6 Å². The van der Waals surface area contributed by atoms with Crippen LogP contribution in [0.4, 0.5) is 0 Å². The van der Waals surface area contributed by atoms with E-state index in [4.69, 9.17) is 4.52 Å². The lowest BCUT2D eigenvalue weighted by Gasteiger charge is -2.19. The molecule has 7 heteroatoms. The molecule has 0 fully saturated rings. The maximum atomic E-state index is 12.7. The molecule has 1 aromatic carbocycles. The third-order valence-corrected chi connectivity index (χ3v) is 6.65. The van der Waals surface area contributed by atoms with Crippen LogP contribution >= 0.6 is 22.7 Å². The van der Waals surface area contributed by atoms with Gasteiger partial charge in [0.2, 0.25) is 17.6 Å². The Morgan fingerprint density at radius 3 is 2.43 bits per heavy atom. The van der Waals surface area contributed by atoms with Gasteiger partial charge in [-0.05, 0) is 39.9 Å². The summed E-state index contributed by atoms with van der Waals surface area (Å²) in [4.78, 5) is 19.2. The Morgan fingerprint density at radius 2 is 1.77 bits per heavy atom. The quantitative estimate of drug-likeness (QED) is 0.377. The number of aromatic nitrogens is 2. The van der Waals surface area contributed by atoms with Gasteiger partial charge < -0.3 is 9.84 Å². The SMILES string of the molecule is CC(C)c1ccc(C(NC(=O)CCc2nc(-c3cccs3)no2)c2cccs2)cc1. The Kier molecular flexibility index (Phi) is 6.40. The van der Waals surface area contributed by atoms with Crippen LogP contribution in [0.3, 0.4) is 0 Å². The lowest BCUT2D eigenvalue weighted by molar-refractivity contribution is -0.121. The van der Waals surface area contributed by atoms with Crippen molar-refractivity contribution in [2.75, 3.05) is 0 Å². The summed E-state index contributed by atoms with van der Waals surface area (Å²) in [6, 6.07) is 16.3. The first-order chi connectivity index (χ1) is 14.6. The lowest BCUT2D eigenvalue weighted by Crippen LogP contribution is -2.29. The highest BCUT2D eigenvalue weighted by atomic mass is 32.1. The zero-order chi connectivity index (χ0) is 20.9. The Balaban J connectivity index is 1.42. The Bertz CT molecular complexity index is 1070. The van der Waals surface area contributed by atoms with Crippen molar-refractivity contribution < 1.29 is 9.32 Å². The van der Waals surface area contributed by atoms with E-state index < -0.39 is 0 Å². The minimum Gasteiger partial charge on any atom is -0.344 e. The number of nitrogens with one attached hydrogen (secondary N) is 1. The van der Waals surface area contributed by atoms with Crippen LogP contribution in [-0.2, 0) is 11.2 Å². The summed E-state index contributed by atoms with van der Waals surface area (Å²) < 4.78 is 5.30. The molecule has 4 rings (SSSR count). The second-order valence-corrected chi connectivity index (χ2v) is 9.25. The molecule has 0 bridgehead atoms. The molecule has 0 spiro atoms. The van der Waals surface area contributed by atoms with E-state index in [1.165, 1.54) is 5.56 Å². The molecule has 1 atom stereocenters. The number of hydrogen-bond donors (Lipinski definition) is 1. The van der Waals surface area contributed by atoms with E-state index in [1.54, 1.807) is 22.7 Å². The first kappa shape index (κ1) is 20.5. The lowest BCUT2D eigenvalue weighted by atomic mass is 9.98. The molecule has 0 aliphatic rings. The summed E-state index contributed by atoms with van der Waals surface area (Å²) in [5.74, 6) is 1.48. The number of nitrogens with zero attached hydrogens (tertiary/aromatic N) is 2. The molecular weight excluding hydrogens is 414 g/mol. The van der Waals surface area contributed by atoms with Crippen LogP contribution in [0.1, 0.15) is 54.1 Å². The summed E-state index contributed by atoms with van der Waals surface area (Å²) in [7, 11) is 0. The summed E-state index contributed by atoms with van der Waals surface area (Å²) in [5.41, 5.74) is 2.36. The number of hydrogen-bond acceptors (Lipinski definition) is 6. The van der Waals surface area contributed by atoms with Gasteiger partial charge in [-0.1, -0.05) is 55.4 Å². The van der Waals surface area contributed by atoms with Crippen LogP contribution in [0.25, 0.3) is 10.7 Å². The molecule has 5 nitrogen and oxygen atoms in total. The molecule has 1 unspecified atom stereocenters. The molecule has 0 radical (unpaired) electrons. The van der Waals surface area contributed by atoms with Crippen molar-refractivity contribution in [3.05, 3.63) is 81.2 Å². The molecule has 0 saturated carbocycles. The van der Waals surface area contributed by atoms with Gasteiger partial charge in [-0.2, -0.15) is 4.98 Å². The predicted molar refractivity (Wildman–Crippen MR) is 121 cm³/mol. The van der Waals surface area contributed by atoms with E-state index >= 15 is 0 Å². The monoisotopic (exact) mass is 437 g/mol. The Morgan fingerprint density at radius 1 is 1.03 bits per heavy atom. The minimum absolute atomic E-state index is 0.0443. The van der Waals surface area contributed by atoms with E-state index in [1.807, 2.05) is 29.0 Å². The molecular formula is C23H23N3O2S2. The van der Waals surface area contributed by atoms with Gasteiger partial charge >= 0.3 is 0 Å². The van der Waals surface area contributed by atoms with Crippen LogP contribution in [0.5, 0.6) is 0 Å². The summed E-state index contributed by atoms with van der Waals surface area (Å²) >= 11 is 3.20. The van der Waals surface area contributed by atoms with Crippen molar-refractivity contribution in [1.82, 2.24) is 15.5 Å². The van der Waals surface area contributed by atoms with Gasteiger partial charge in [0.05, 0.1) is 10.9 Å². The van der Waals surface area contributed by atoms with Crippen LogP contribution in [0, 0.1) is 0 Å². The van der Waals surface area contributed by atoms with Gasteiger partial charge in [-0.15, -0.1) is 22.7 Å². The average molecular weight is 438 g/mol. The Hall–Kier alpha value is -2.77. The average Bonchev–Trinajstić information content (AvgIpc) is 3.52. The van der Waals surface area contributed by atoms with E-state index in [0.29, 0.717) is 24.1 Å². The molecule has 0 aliphatic heterocycles. The van der Waals surface area contributed by atoms with E-state index in [0.717, 1.165) is 15.3 Å². The predicted octanol–water partition coefficient (Wildman–Crippen LogP) is 5.82. The molecule has 154 valence electrons. The van der Waals surface area contributed by atoms with Crippen molar-refractivity contribution in [2.24, 2.45) is 0 Å². The van der Waals surface area contributed by atoms with Crippen LogP contribution in [0.2, 0.25) is 0 Å². The molecule has 3 heterocycles. The maximum Gasteiger partial charge on any atom is 0.227 e. The maximum absolute atomic E-state index is 12.7. The number of thiophene rings is 2. The highest BCUT2D eigenvalue weighted by Gasteiger charge is 2.19. The molecule has 0 saturated heterocycles. The first-order valence-electron chi connectivity index (χ1n) is 9.89. The van der Waals surface area contributed by atoms with Crippen molar-refractivity contribution in [1.29, 1.82) is 0 Å². The smallest absolute Gasteiger partial charge is 0.227 e. The minimum atomic E-state index is -0.164. The highest BCUT2D eigenvalue weighted by Crippen LogP contribution is 2.28. The van der Waals surface area contributed by atoms with Gasteiger partial charge in [-0.25, -0.2) is 0 Å². The normalized spacial score (nSPS) is 12.2. The number of benzene rings is 1.